The van der Waals surface area contributed by atoms with Crippen molar-refractivity contribution in [2.45, 2.75) is 30.2 Å². The highest BCUT2D eigenvalue weighted by molar-refractivity contribution is 7.92. The Hall–Kier alpha value is -3.14. The molecule has 0 atom stereocenters. The van der Waals surface area contributed by atoms with Crippen LogP contribution in [-0.2, 0) is 16.4 Å². The molecule has 0 amide bonds. The van der Waals surface area contributed by atoms with Gasteiger partial charge in [0.25, 0.3) is 10.0 Å². The monoisotopic (exact) mass is 450 g/mol. The standard InChI is InChI=1S/C24H19ClN2O3S/c1-26-20-9-5-17(6-10-20)15-24(28)18-3-2-4-23(16-18)31(29,30)27(22-13-14-22)21-11-7-19(25)8-12-21/h2-12,16,22H,13-15H2. The van der Waals surface area contributed by atoms with Crippen LogP contribution in [0.1, 0.15) is 28.8 Å². The van der Waals surface area contributed by atoms with Gasteiger partial charge >= 0.3 is 0 Å². The Morgan fingerprint density at radius 3 is 2.32 bits per heavy atom. The number of nitrogens with zero attached hydrogens (tertiary/aromatic N) is 2. The molecule has 0 aromatic heterocycles. The lowest BCUT2D eigenvalue weighted by molar-refractivity contribution is 0.0993. The summed E-state index contributed by atoms with van der Waals surface area (Å²) >= 11 is 5.96. The number of rotatable bonds is 7. The zero-order chi connectivity index (χ0) is 22.0. The molecule has 3 aromatic rings. The number of hydrogen-bond acceptors (Lipinski definition) is 3. The van der Waals surface area contributed by atoms with Crippen molar-refractivity contribution in [2.75, 3.05) is 4.31 Å². The molecule has 1 aliphatic carbocycles. The summed E-state index contributed by atoms with van der Waals surface area (Å²) in [6.45, 7) is 7.00. The van der Waals surface area contributed by atoms with Crippen molar-refractivity contribution in [3.63, 3.8) is 0 Å². The van der Waals surface area contributed by atoms with Gasteiger partial charge in [-0.05, 0) is 54.8 Å². The van der Waals surface area contributed by atoms with E-state index < -0.39 is 10.0 Å². The lowest BCUT2D eigenvalue weighted by Gasteiger charge is -2.24. The van der Waals surface area contributed by atoms with Gasteiger partial charge < -0.3 is 0 Å². The lowest BCUT2D eigenvalue weighted by Crippen LogP contribution is -2.33. The van der Waals surface area contributed by atoms with Crippen LogP contribution < -0.4 is 4.31 Å². The second kappa shape index (κ2) is 8.54. The van der Waals surface area contributed by atoms with E-state index in [0.29, 0.717) is 22.0 Å². The predicted molar refractivity (Wildman–Crippen MR) is 121 cm³/mol. The van der Waals surface area contributed by atoms with E-state index in [9.17, 15) is 13.2 Å². The van der Waals surface area contributed by atoms with Crippen LogP contribution in [-0.4, -0.2) is 20.2 Å². The third-order valence-electron chi connectivity index (χ3n) is 5.10. The van der Waals surface area contributed by atoms with Crippen molar-refractivity contribution in [3.05, 3.63) is 100 Å². The molecule has 0 aliphatic heterocycles. The number of halogens is 1. The summed E-state index contributed by atoms with van der Waals surface area (Å²) < 4.78 is 28.3. The Morgan fingerprint density at radius 2 is 1.71 bits per heavy atom. The van der Waals surface area contributed by atoms with Crippen molar-refractivity contribution >= 4 is 38.8 Å². The van der Waals surface area contributed by atoms with E-state index in [1.165, 1.54) is 16.4 Å². The molecule has 0 N–H and O–H groups in total. The first kappa shape index (κ1) is 21.1. The Labute approximate surface area is 186 Å². The largest absolute Gasteiger partial charge is 0.294 e. The fourth-order valence-corrected chi connectivity index (χ4v) is 5.24. The molecule has 156 valence electrons. The van der Waals surface area contributed by atoms with Gasteiger partial charge in [0.05, 0.1) is 17.2 Å². The number of carbonyl (C=O) groups is 1. The highest BCUT2D eigenvalue weighted by Gasteiger charge is 2.38. The van der Waals surface area contributed by atoms with Crippen molar-refractivity contribution in [2.24, 2.45) is 0 Å². The highest BCUT2D eigenvalue weighted by Crippen LogP contribution is 2.37. The minimum Gasteiger partial charge on any atom is -0.294 e. The summed E-state index contributed by atoms with van der Waals surface area (Å²) in [4.78, 5) is 16.2. The molecule has 3 aromatic carbocycles. The van der Waals surface area contributed by atoms with Gasteiger partial charge in [0.15, 0.2) is 11.5 Å². The Bertz CT molecular complexity index is 1260. The number of benzene rings is 3. The van der Waals surface area contributed by atoms with Crippen molar-refractivity contribution in [3.8, 4) is 0 Å². The Morgan fingerprint density at radius 1 is 1.03 bits per heavy atom. The smallest absolute Gasteiger partial charge is 0.264 e. The molecule has 0 heterocycles. The van der Waals surface area contributed by atoms with Gasteiger partial charge in [0.1, 0.15) is 0 Å². The maximum absolute atomic E-state index is 13.5. The summed E-state index contributed by atoms with van der Waals surface area (Å²) in [6.07, 6.45) is 1.72. The second-order valence-electron chi connectivity index (χ2n) is 7.41. The topological polar surface area (TPSA) is 58.8 Å². The fourth-order valence-electron chi connectivity index (χ4n) is 3.36. The average Bonchev–Trinajstić information content (AvgIpc) is 3.61. The molecular formula is C24H19ClN2O3S. The first-order valence-electron chi connectivity index (χ1n) is 9.78. The minimum atomic E-state index is -3.84. The summed E-state index contributed by atoms with van der Waals surface area (Å²) in [5.41, 5.74) is 2.17. The van der Waals surface area contributed by atoms with E-state index in [1.54, 1.807) is 60.7 Å². The fraction of sp³-hybridized carbons (Fsp3) is 0.167. The molecule has 0 radical (unpaired) electrons. The quantitative estimate of drug-likeness (QED) is 0.344. The first-order valence-corrected chi connectivity index (χ1v) is 11.6. The van der Waals surface area contributed by atoms with Crippen LogP contribution in [0.25, 0.3) is 4.85 Å². The van der Waals surface area contributed by atoms with Crippen LogP contribution in [0.3, 0.4) is 0 Å². The Balaban J connectivity index is 1.62. The molecule has 7 heteroatoms. The predicted octanol–water partition coefficient (Wildman–Crippen LogP) is 5.67. The maximum Gasteiger partial charge on any atom is 0.264 e. The van der Waals surface area contributed by atoms with Crippen LogP contribution in [0.4, 0.5) is 11.4 Å². The first-order chi connectivity index (χ1) is 14.9. The SMILES string of the molecule is [C-]#[N+]c1ccc(CC(=O)c2cccc(S(=O)(=O)N(c3ccc(Cl)cc3)C3CC3)c2)cc1. The molecule has 5 nitrogen and oxygen atoms in total. The molecule has 1 fully saturated rings. The molecule has 0 saturated heterocycles. The van der Waals surface area contributed by atoms with Crippen molar-refractivity contribution in [1.29, 1.82) is 0 Å². The van der Waals surface area contributed by atoms with Crippen LogP contribution in [0.15, 0.2) is 77.7 Å². The van der Waals surface area contributed by atoms with Gasteiger partial charge in [-0.3, -0.25) is 9.10 Å². The number of ketones is 1. The highest BCUT2D eigenvalue weighted by atomic mass is 35.5. The van der Waals surface area contributed by atoms with Crippen molar-refractivity contribution in [1.82, 2.24) is 0 Å². The van der Waals surface area contributed by atoms with Gasteiger partial charge in [-0.25, -0.2) is 13.3 Å². The van der Waals surface area contributed by atoms with Crippen LogP contribution in [0.5, 0.6) is 0 Å². The zero-order valence-corrected chi connectivity index (χ0v) is 18.1. The van der Waals surface area contributed by atoms with E-state index in [-0.39, 0.29) is 23.1 Å². The van der Waals surface area contributed by atoms with E-state index in [0.717, 1.165) is 18.4 Å². The molecule has 0 unspecified atom stereocenters. The van der Waals surface area contributed by atoms with Gasteiger partial charge in [-0.1, -0.05) is 48.0 Å². The number of anilines is 1. The molecule has 0 bridgehead atoms. The summed E-state index contributed by atoms with van der Waals surface area (Å²) in [7, 11) is -3.84. The third kappa shape index (κ3) is 4.63. The lowest BCUT2D eigenvalue weighted by atomic mass is 10.0. The molecule has 1 saturated carbocycles. The van der Waals surface area contributed by atoms with Crippen LogP contribution in [0.2, 0.25) is 5.02 Å². The third-order valence-corrected chi connectivity index (χ3v) is 7.23. The number of hydrogen-bond donors (Lipinski definition) is 0. The molecular weight excluding hydrogens is 432 g/mol. The maximum atomic E-state index is 13.5. The molecule has 0 spiro atoms. The zero-order valence-electron chi connectivity index (χ0n) is 16.5. The Kier molecular flexibility index (Phi) is 5.81. The van der Waals surface area contributed by atoms with Gasteiger partial charge in [0, 0.05) is 23.0 Å². The van der Waals surface area contributed by atoms with Gasteiger partial charge in [-0.2, -0.15) is 0 Å². The van der Waals surface area contributed by atoms with E-state index in [4.69, 9.17) is 18.2 Å². The normalized spacial score (nSPS) is 13.4. The summed E-state index contributed by atoms with van der Waals surface area (Å²) in [5, 5.41) is 0.536. The number of carbonyl (C=O) groups excluding carboxylic acids is 1. The summed E-state index contributed by atoms with van der Waals surface area (Å²) in [5.74, 6) is -0.183. The van der Waals surface area contributed by atoms with Crippen LogP contribution >= 0.6 is 11.6 Å². The second-order valence-corrected chi connectivity index (χ2v) is 9.67. The van der Waals surface area contributed by atoms with E-state index in [1.807, 2.05) is 0 Å². The summed E-state index contributed by atoms with van der Waals surface area (Å²) in [6, 6.07) is 19.6. The average molecular weight is 451 g/mol. The van der Waals surface area contributed by atoms with Gasteiger partial charge in [-0.15, -0.1) is 0 Å². The molecule has 4 rings (SSSR count). The molecule has 1 aliphatic rings. The van der Waals surface area contributed by atoms with E-state index in [2.05, 4.69) is 4.85 Å². The van der Waals surface area contributed by atoms with Crippen molar-refractivity contribution < 1.29 is 13.2 Å². The van der Waals surface area contributed by atoms with E-state index >= 15 is 0 Å². The number of sulfonamides is 1. The van der Waals surface area contributed by atoms with Crippen LogP contribution in [0, 0.1) is 6.57 Å². The number of Topliss-reactive ketones (excluding diaryl/α,β-unsaturated/α-hetero) is 1. The molecule has 31 heavy (non-hydrogen) atoms. The minimum absolute atomic E-state index is 0.0866. The van der Waals surface area contributed by atoms with Gasteiger partial charge in [0.2, 0.25) is 0 Å².